The summed E-state index contributed by atoms with van der Waals surface area (Å²) >= 11 is 2.10. The number of aromatic hydroxyl groups is 1. The quantitative estimate of drug-likeness (QED) is 0.120. The summed E-state index contributed by atoms with van der Waals surface area (Å²) in [5, 5.41) is 34.4. The first-order valence-corrected chi connectivity index (χ1v) is 12.8. The lowest BCUT2D eigenvalue weighted by Gasteiger charge is -2.49. The molecule has 0 aliphatic carbocycles. The predicted molar refractivity (Wildman–Crippen MR) is 133 cm³/mol. The molecule has 39 heavy (non-hydrogen) atoms. The highest BCUT2D eigenvalue weighted by atomic mass is 32.2. The van der Waals surface area contributed by atoms with E-state index in [1.807, 2.05) is 0 Å². The van der Waals surface area contributed by atoms with E-state index in [0.29, 0.717) is 12.3 Å². The molecule has 1 fully saturated rings. The molecule has 7 N–H and O–H groups in total. The van der Waals surface area contributed by atoms with E-state index in [2.05, 4.69) is 15.6 Å². The SMILES string of the molecule is CC(=O)OCC1=C(C(=O)O)N2C(=O)[C@@H](NC(=O)C(NC(=O)c3cc(=O)c(O)cn3O)c3csc(N)n3)[C@H]2SC1. The van der Waals surface area contributed by atoms with Gasteiger partial charge in [-0.15, -0.1) is 23.1 Å². The molecule has 0 bridgehead atoms. The van der Waals surface area contributed by atoms with Crippen molar-refractivity contribution in [2.75, 3.05) is 18.1 Å². The fourth-order valence-electron chi connectivity index (χ4n) is 3.81. The van der Waals surface area contributed by atoms with Gasteiger partial charge in [-0.1, -0.05) is 0 Å². The lowest BCUT2D eigenvalue weighted by atomic mass is 10.0. The number of carboxylic acid groups (broad SMARTS) is 1. The molecule has 4 rings (SSSR count). The van der Waals surface area contributed by atoms with E-state index in [9.17, 15) is 44.2 Å². The van der Waals surface area contributed by atoms with Gasteiger partial charge in [0.05, 0.1) is 11.9 Å². The van der Waals surface area contributed by atoms with E-state index in [1.54, 1.807) is 0 Å². The van der Waals surface area contributed by atoms with E-state index < -0.39 is 64.0 Å². The molecule has 0 radical (unpaired) electrons. The monoisotopic (exact) mass is 580 g/mol. The molecule has 2 aromatic heterocycles. The van der Waals surface area contributed by atoms with E-state index in [1.165, 1.54) is 5.38 Å². The number of β-lactam (4-membered cyclic amide) rings is 1. The first kappa shape index (κ1) is 27.5. The highest BCUT2D eigenvalue weighted by Gasteiger charge is 2.54. The molecule has 2 aromatic rings. The van der Waals surface area contributed by atoms with Crippen LogP contribution in [-0.4, -0.2) is 83.5 Å². The number of hydrogen-bond donors (Lipinski definition) is 6. The van der Waals surface area contributed by atoms with Gasteiger partial charge in [-0.2, -0.15) is 4.73 Å². The number of amides is 3. The van der Waals surface area contributed by atoms with Crippen molar-refractivity contribution >= 4 is 57.9 Å². The van der Waals surface area contributed by atoms with Gasteiger partial charge >= 0.3 is 11.9 Å². The van der Waals surface area contributed by atoms with Gasteiger partial charge in [-0.05, 0) is 0 Å². The van der Waals surface area contributed by atoms with Crippen molar-refractivity contribution in [1.29, 1.82) is 0 Å². The molecule has 1 unspecified atom stereocenters. The highest BCUT2D eigenvalue weighted by Crippen LogP contribution is 2.40. The maximum absolute atomic E-state index is 13.3. The van der Waals surface area contributed by atoms with Crippen LogP contribution in [0.25, 0.3) is 0 Å². The van der Waals surface area contributed by atoms with Crippen LogP contribution in [0, 0.1) is 0 Å². The van der Waals surface area contributed by atoms with E-state index in [-0.39, 0.29) is 39.2 Å². The number of fused-ring (bicyclic) bond motifs is 1. The van der Waals surface area contributed by atoms with Crippen LogP contribution in [0.4, 0.5) is 5.13 Å². The Balaban J connectivity index is 1.55. The molecule has 0 saturated carbocycles. The zero-order chi connectivity index (χ0) is 28.6. The Hall–Kier alpha value is -4.58. The Kier molecular flexibility index (Phi) is 7.50. The van der Waals surface area contributed by atoms with Crippen molar-refractivity contribution in [2.24, 2.45) is 0 Å². The summed E-state index contributed by atoms with van der Waals surface area (Å²) in [6.45, 7) is 0.844. The van der Waals surface area contributed by atoms with Crippen molar-refractivity contribution < 1.29 is 44.1 Å². The average molecular weight is 581 g/mol. The number of carbonyl (C=O) groups excluding carboxylic acids is 4. The third-order valence-corrected chi connectivity index (χ3v) is 7.65. The molecule has 0 spiro atoms. The Morgan fingerprint density at radius 3 is 2.64 bits per heavy atom. The second-order valence-corrected chi connectivity index (χ2v) is 10.2. The number of nitrogen functional groups attached to an aromatic ring is 1. The van der Waals surface area contributed by atoms with Crippen LogP contribution in [0.5, 0.6) is 5.75 Å². The molecular weight excluding hydrogens is 560 g/mol. The molecular formula is C21H20N6O10S2. The number of aromatic nitrogens is 2. The van der Waals surface area contributed by atoms with E-state index in [4.69, 9.17) is 10.5 Å². The summed E-state index contributed by atoms with van der Waals surface area (Å²) < 4.78 is 5.07. The molecule has 2 aliphatic rings. The Bertz CT molecular complexity index is 1480. The number of pyridine rings is 1. The number of hydrogen-bond acceptors (Lipinski definition) is 13. The number of carboxylic acids is 1. The smallest absolute Gasteiger partial charge is 0.352 e. The van der Waals surface area contributed by atoms with Gasteiger partial charge in [0, 0.05) is 29.7 Å². The fraction of sp³-hybridized carbons (Fsp3) is 0.286. The van der Waals surface area contributed by atoms with Gasteiger partial charge in [0.25, 0.3) is 11.8 Å². The van der Waals surface area contributed by atoms with Crippen molar-refractivity contribution in [3.05, 3.63) is 50.5 Å². The Labute approximate surface area is 226 Å². The first-order valence-electron chi connectivity index (χ1n) is 10.9. The van der Waals surface area contributed by atoms with Crippen LogP contribution < -0.4 is 21.8 Å². The summed E-state index contributed by atoms with van der Waals surface area (Å²) in [5.74, 6) is -5.50. The minimum Gasteiger partial charge on any atom is -0.503 e. The maximum Gasteiger partial charge on any atom is 0.352 e. The number of rotatable bonds is 8. The Morgan fingerprint density at radius 1 is 1.31 bits per heavy atom. The lowest BCUT2D eigenvalue weighted by Crippen LogP contribution is -2.71. The number of thioether (sulfide) groups is 1. The summed E-state index contributed by atoms with van der Waals surface area (Å²) in [6.07, 6.45) is 0.596. The second kappa shape index (κ2) is 10.7. The molecule has 3 amide bonds. The second-order valence-electron chi connectivity index (χ2n) is 8.20. The van der Waals surface area contributed by atoms with Crippen LogP contribution in [0.15, 0.2) is 33.7 Å². The van der Waals surface area contributed by atoms with Gasteiger partial charge in [0.1, 0.15) is 29.4 Å². The third kappa shape index (κ3) is 5.36. The van der Waals surface area contributed by atoms with Gasteiger partial charge in [-0.25, -0.2) is 9.78 Å². The van der Waals surface area contributed by atoms with Crippen molar-refractivity contribution in [2.45, 2.75) is 24.4 Å². The molecule has 18 heteroatoms. The third-order valence-electron chi connectivity index (χ3n) is 5.61. The predicted octanol–water partition coefficient (Wildman–Crippen LogP) is -1.40. The number of thiazole rings is 1. The number of nitrogens with two attached hydrogens (primary N) is 1. The number of nitrogens with one attached hydrogen (secondary N) is 2. The number of anilines is 1. The lowest BCUT2D eigenvalue weighted by molar-refractivity contribution is -0.151. The van der Waals surface area contributed by atoms with Gasteiger partial charge in [-0.3, -0.25) is 28.9 Å². The highest BCUT2D eigenvalue weighted by molar-refractivity contribution is 8.00. The largest absolute Gasteiger partial charge is 0.503 e. The van der Waals surface area contributed by atoms with Crippen LogP contribution in [0.2, 0.25) is 0 Å². The van der Waals surface area contributed by atoms with E-state index in [0.717, 1.165) is 34.9 Å². The number of nitrogens with zero attached hydrogens (tertiary/aromatic N) is 3. The molecule has 1 saturated heterocycles. The van der Waals surface area contributed by atoms with Gasteiger partial charge < -0.3 is 36.5 Å². The normalized spacial score (nSPS) is 19.0. The zero-order valence-corrected chi connectivity index (χ0v) is 21.4. The number of aliphatic carboxylic acids is 1. The van der Waals surface area contributed by atoms with Crippen LogP contribution in [0.3, 0.4) is 0 Å². The van der Waals surface area contributed by atoms with Crippen molar-refractivity contribution in [1.82, 2.24) is 25.2 Å². The molecule has 3 atom stereocenters. The van der Waals surface area contributed by atoms with Crippen molar-refractivity contribution in [3.63, 3.8) is 0 Å². The average Bonchev–Trinajstić information content (AvgIpc) is 3.31. The number of esters is 1. The number of carbonyl (C=O) groups is 5. The Morgan fingerprint density at radius 2 is 2.03 bits per heavy atom. The van der Waals surface area contributed by atoms with Crippen molar-refractivity contribution in [3.8, 4) is 5.75 Å². The molecule has 16 nitrogen and oxygen atoms in total. The summed E-state index contributed by atoms with van der Waals surface area (Å²) in [7, 11) is 0. The fourth-order valence-corrected chi connectivity index (χ4v) is 5.73. The molecule has 4 heterocycles. The first-order chi connectivity index (χ1) is 18.4. The van der Waals surface area contributed by atoms with Crippen LogP contribution in [-0.2, 0) is 23.9 Å². The zero-order valence-electron chi connectivity index (χ0n) is 19.8. The van der Waals surface area contributed by atoms with Gasteiger partial charge in [0.2, 0.25) is 11.3 Å². The minimum absolute atomic E-state index is 0.0105. The van der Waals surface area contributed by atoms with Crippen LogP contribution >= 0.6 is 23.1 Å². The molecule has 0 aromatic carbocycles. The number of ether oxygens (including phenoxy) is 1. The standard InChI is InChI=1S/C21H20N6O10S2/c1-7(28)37-4-8-5-38-19-14(18(33)27(19)15(8)20(34)35)25-17(32)13(9-6-39-21(22)23-9)24-16(31)10-2-11(29)12(30)3-26(10)36/h2-3,6,13-14,19,30,36H,4-5H2,1H3,(H2,22,23)(H,24,31)(H,25,32)(H,34,35)/t13?,14-,19-/m1/s1. The minimum atomic E-state index is -1.54. The maximum atomic E-state index is 13.3. The van der Waals surface area contributed by atoms with Crippen LogP contribution in [0.1, 0.15) is 29.1 Å². The summed E-state index contributed by atoms with van der Waals surface area (Å²) in [6, 6.07) is -2.07. The molecule has 2 aliphatic heterocycles. The van der Waals surface area contributed by atoms with E-state index >= 15 is 0 Å². The topological polar surface area (TPSA) is 243 Å². The van der Waals surface area contributed by atoms with Gasteiger partial charge in [0.15, 0.2) is 16.9 Å². The summed E-state index contributed by atoms with van der Waals surface area (Å²) in [4.78, 5) is 78.8. The molecule has 206 valence electrons. The summed E-state index contributed by atoms with van der Waals surface area (Å²) in [5.41, 5.74) is 3.94.